The van der Waals surface area contributed by atoms with Gasteiger partial charge in [-0.2, -0.15) is 5.10 Å². The molecule has 5 rings (SSSR count). The van der Waals surface area contributed by atoms with Gasteiger partial charge in [0.2, 0.25) is 0 Å². The fourth-order valence-corrected chi connectivity index (χ4v) is 4.76. The number of amides is 1. The number of ether oxygens (including phenoxy) is 1. The third-order valence-electron chi connectivity index (χ3n) is 6.65. The van der Waals surface area contributed by atoms with Crippen LogP contribution in [0.5, 0.6) is 5.75 Å². The molecule has 8 nitrogen and oxygen atoms in total. The van der Waals surface area contributed by atoms with E-state index in [1.807, 2.05) is 18.5 Å². The van der Waals surface area contributed by atoms with E-state index < -0.39 is 17.5 Å². The fourth-order valence-electron chi connectivity index (χ4n) is 4.76. The van der Waals surface area contributed by atoms with Crippen molar-refractivity contribution < 1.29 is 18.3 Å². The van der Waals surface area contributed by atoms with Gasteiger partial charge in [-0.25, -0.2) is 18.7 Å². The number of rotatable bonds is 7. The van der Waals surface area contributed by atoms with Crippen molar-refractivity contribution in [2.24, 2.45) is 0 Å². The number of benzene rings is 2. The Labute approximate surface area is 224 Å². The van der Waals surface area contributed by atoms with E-state index in [9.17, 15) is 9.18 Å². The first-order chi connectivity index (χ1) is 18.7. The van der Waals surface area contributed by atoms with Gasteiger partial charge in [0.1, 0.15) is 23.2 Å². The molecule has 10 heteroatoms. The van der Waals surface area contributed by atoms with Crippen molar-refractivity contribution in [1.82, 2.24) is 30.0 Å². The zero-order chi connectivity index (χ0) is 27.8. The molecule has 3 aromatic heterocycles. The summed E-state index contributed by atoms with van der Waals surface area (Å²) in [4.78, 5) is 25.1. The largest absolute Gasteiger partial charge is 0.496 e. The molecule has 0 fully saturated rings. The lowest BCUT2D eigenvalue weighted by molar-refractivity contribution is 0.0947. The Kier molecular flexibility index (Phi) is 6.86. The highest BCUT2D eigenvalue weighted by molar-refractivity contribution is 5.97. The van der Waals surface area contributed by atoms with Crippen LogP contribution in [0.25, 0.3) is 33.7 Å². The molecule has 0 bridgehead atoms. The smallest absolute Gasteiger partial charge is 0.255 e. The van der Waals surface area contributed by atoms with Crippen LogP contribution in [0.1, 0.15) is 47.2 Å². The summed E-state index contributed by atoms with van der Waals surface area (Å²) in [6.07, 6.45) is 1.64. The Hall–Kier alpha value is -4.60. The zero-order valence-corrected chi connectivity index (χ0v) is 22.3. The van der Waals surface area contributed by atoms with Gasteiger partial charge in [0.05, 0.1) is 29.4 Å². The fraction of sp³-hybridized carbons (Fsp3) is 0.241. The monoisotopic (exact) mass is 530 g/mol. The van der Waals surface area contributed by atoms with Crippen LogP contribution in [0, 0.1) is 25.5 Å². The second-order valence-electron chi connectivity index (χ2n) is 9.56. The van der Waals surface area contributed by atoms with Crippen molar-refractivity contribution in [3.8, 4) is 28.3 Å². The lowest BCUT2D eigenvalue weighted by Crippen LogP contribution is -2.24. The standard InChI is InChI=1S/C29H28F2N6O2/c1-15(2)37-17(4)25(16(3)36-37)27-34-26-21(10-11-32-28(26)35-27)18-6-7-19(23(31)12-18)14-33-29(38)22-13-20(30)8-9-24(22)39-5/h6-13,15H,14H2,1-5H3,(H,33,38)(H,32,34,35). The molecule has 0 aliphatic heterocycles. The second kappa shape index (κ2) is 10.3. The van der Waals surface area contributed by atoms with Gasteiger partial charge in [0, 0.05) is 35.6 Å². The van der Waals surface area contributed by atoms with Crippen LogP contribution in [0.3, 0.4) is 0 Å². The summed E-state index contributed by atoms with van der Waals surface area (Å²) < 4.78 is 35.9. The number of methoxy groups -OCH3 is 1. The number of hydrogen-bond acceptors (Lipinski definition) is 5. The number of H-pyrrole nitrogens is 1. The first kappa shape index (κ1) is 26.0. The highest BCUT2D eigenvalue weighted by Gasteiger charge is 2.20. The number of aromatic nitrogens is 5. The van der Waals surface area contributed by atoms with Crippen LogP contribution < -0.4 is 10.1 Å². The lowest BCUT2D eigenvalue weighted by atomic mass is 10.0. The molecule has 0 unspecified atom stereocenters. The van der Waals surface area contributed by atoms with Crippen molar-refractivity contribution in [3.63, 3.8) is 0 Å². The van der Waals surface area contributed by atoms with Crippen molar-refractivity contribution >= 4 is 17.1 Å². The summed E-state index contributed by atoms with van der Waals surface area (Å²) in [7, 11) is 1.39. The van der Waals surface area contributed by atoms with Crippen LogP contribution in [-0.4, -0.2) is 37.7 Å². The van der Waals surface area contributed by atoms with Crippen LogP contribution in [0.2, 0.25) is 0 Å². The molecule has 39 heavy (non-hydrogen) atoms. The van der Waals surface area contributed by atoms with Crippen molar-refractivity contribution in [1.29, 1.82) is 0 Å². The number of fused-ring (bicyclic) bond motifs is 1. The Morgan fingerprint density at radius 2 is 1.92 bits per heavy atom. The number of carbonyl (C=O) groups excluding carboxylic acids is 1. The van der Waals surface area contributed by atoms with Crippen LogP contribution in [-0.2, 0) is 6.54 Å². The summed E-state index contributed by atoms with van der Waals surface area (Å²) in [6, 6.07) is 10.5. The van der Waals surface area contributed by atoms with E-state index in [0.29, 0.717) is 22.6 Å². The maximum absolute atomic E-state index is 15.2. The molecule has 2 N–H and O–H groups in total. The van der Waals surface area contributed by atoms with E-state index >= 15 is 4.39 Å². The summed E-state index contributed by atoms with van der Waals surface area (Å²) in [6.45, 7) is 8.02. The highest BCUT2D eigenvalue weighted by atomic mass is 19.1. The second-order valence-corrected chi connectivity index (χ2v) is 9.56. The predicted molar refractivity (Wildman–Crippen MR) is 144 cm³/mol. The number of nitrogens with one attached hydrogen (secondary N) is 2. The minimum absolute atomic E-state index is 0.0353. The summed E-state index contributed by atoms with van der Waals surface area (Å²) >= 11 is 0. The van der Waals surface area contributed by atoms with Crippen molar-refractivity contribution in [2.75, 3.05) is 7.11 Å². The number of imidazole rings is 1. The van der Waals surface area contributed by atoms with Gasteiger partial charge in [-0.05, 0) is 63.6 Å². The Morgan fingerprint density at radius 1 is 1.13 bits per heavy atom. The number of nitrogens with zero attached hydrogens (tertiary/aromatic N) is 4. The summed E-state index contributed by atoms with van der Waals surface area (Å²) in [5.41, 5.74) is 5.65. The number of hydrogen-bond donors (Lipinski definition) is 2. The Balaban J connectivity index is 1.42. The maximum atomic E-state index is 15.2. The van der Waals surface area contributed by atoms with E-state index in [1.54, 1.807) is 24.4 Å². The Bertz CT molecular complexity index is 1710. The minimum atomic E-state index is -0.568. The van der Waals surface area contributed by atoms with E-state index in [2.05, 4.69) is 34.2 Å². The van der Waals surface area contributed by atoms with Gasteiger partial charge >= 0.3 is 0 Å². The SMILES string of the molecule is COc1ccc(F)cc1C(=O)NCc1ccc(-c2ccnc3nc(-c4c(C)nn(C(C)C)c4C)[nH]c23)cc1F. The molecule has 5 aromatic rings. The molecule has 0 aliphatic rings. The number of aromatic amines is 1. The van der Waals surface area contributed by atoms with E-state index in [-0.39, 0.29) is 29.5 Å². The van der Waals surface area contributed by atoms with E-state index in [4.69, 9.17) is 9.72 Å². The number of carbonyl (C=O) groups is 1. The third kappa shape index (κ3) is 4.85. The number of halogens is 2. The average Bonchev–Trinajstić information content (AvgIpc) is 3.47. The van der Waals surface area contributed by atoms with Gasteiger partial charge in [-0.15, -0.1) is 0 Å². The molecule has 0 saturated carbocycles. The predicted octanol–water partition coefficient (Wildman–Crippen LogP) is 5.90. The lowest BCUT2D eigenvalue weighted by Gasteiger charge is -2.11. The summed E-state index contributed by atoms with van der Waals surface area (Å²) in [5.74, 6) is -0.747. The van der Waals surface area contributed by atoms with Gasteiger partial charge in [-0.3, -0.25) is 9.48 Å². The summed E-state index contributed by atoms with van der Waals surface area (Å²) in [5, 5.41) is 7.28. The molecule has 1 amide bonds. The molecular weight excluding hydrogens is 502 g/mol. The molecular formula is C29H28F2N6O2. The molecule has 0 spiro atoms. The first-order valence-electron chi connectivity index (χ1n) is 12.5. The average molecular weight is 531 g/mol. The minimum Gasteiger partial charge on any atom is -0.496 e. The van der Waals surface area contributed by atoms with Crippen molar-refractivity contribution in [3.05, 3.63) is 82.8 Å². The highest BCUT2D eigenvalue weighted by Crippen LogP contribution is 2.32. The van der Waals surface area contributed by atoms with Crippen molar-refractivity contribution in [2.45, 2.75) is 40.3 Å². The van der Waals surface area contributed by atoms with Gasteiger partial charge in [0.25, 0.3) is 5.91 Å². The van der Waals surface area contributed by atoms with Gasteiger partial charge in [-0.1, -0.05) is 12.1 Å². The van der Waals surface area contributed by atoms with Gasteiger partial charge < -0.3 is 15.0 Å². The molecule has 0 atom stereocenters. The molecule has 2 aromatic carbocycles. The molecule has 0 saturated heterocycles. The third-order valence-corrected chi connectivity index (χ3v) is 6.65. The Morgan fingerprint density at radius 3 is 2.62 bits per heavy atom. The normalized spacial score (nSPS) is 11.4. The van der Waals surface area contributed by atoms with E-state index in [1.165, 1.54) is 25.3 Å². The van der Waals surface area contributed by atoms with Crippen LogP contribution in [0.15, 0.2) is 48.7 Å². The molecule has 3 heterocycles. The van der Waals surface area contributed by atoms with Gasteiger partial charge in [0.15, 0.2) is 5.65 Å². The molecule has 0 aliphatic carbocycles. The quantitative estimate of drug-likeness (QED) is 0.273. The topological polar surface area (TPSA) is 97.7 Å². The van der Waals surface area contributed by atoms with E-state index in [0.717, 1.165) is 28.6 Å². The van der Waals surface area contributed by atoms with Crippen LogP contribution in [0.4, 0.5) is 8.78 Å². The number of aryl methyl sites for hydroxylation is 1. The zero-order valence-electron chi connectivity index (χ0n) is 22.3. The molecule has 0 radical (unpaired) electrons. The maximum Gasteiger partial charge on any atom is 0.255 e. The number of pyridine rings is 1. The first-order valence-corrected chi connectivity index (χ1v) is 12.5. The molecule has 200 valence electrons. The van der Waals surface area contributed by atoms with Crippen LogP contribution >= 0.6 is 0 Å².